The maximum absolute atomic E-state index is 12.7. The molecular weight excluding hydrogens is 388 g/mol. The second-order valence-corrected chi connectivity index (χ2v) is 10.5. The molecule has 0 saturated carbocycles. The molecule has 1 saturated heterocycles. The summed E-state index contributed by atoms with van der Waals surface area (Å²) in [6.45, 7) is 1.37. The van der Waals surface area contributed by atoms with Gasteiger partial charge in [0.15, 0.2) is 0 Å². The van der Waals surface area contributed by atoms with E-state index in [1.54, 1.807) is 0 Å². The summed E-state index contributed by atoms with van der Waals surface area (Å²) in [4.78, 5) is 14.9. The monoisotopic (exact) mass is 420 g/mol. The molecule has 1 atom stereocenters. The minimum absolute atomic E-state index is 0.189. The van der Waals surface area contributed by atoms with Crippen molar-refractivity contribution < 1.29 is 13.2 Å². The molecule has 2 aliphatic carbocycles. The molecule has 0 radical (unpaired) electrons. The number of urea groups is 1. The number of benzene rings is 1. The van der Waals surface area contributed by atoms with Gasteiger partial charge in [0.1, 0.15) is 0 Å². The fraction of sp³-hybridized carbons (Fsp3) is 0.667. The SMILES string of the molecule is CN1CCCCC1CN(C)S(=O)(=O)NC(=O)Nc1c2c(cc3c1CCC3)CCC2. The third kappa shape index (κ3) is 4.29. The molecule has 7 nitrogen and oxygen atoms in total. The number of carbonyl (C=O) groups is 1. The Balaban J connectivity index is 1.44. The van der Waals surface area contributed by atoms with Crippen LogP contribution >= 0.6 is 0 Å². The lowest BCUT2D eigenvalue weighted by atomic mass is 9.99. The van der Waals surface area contributed by atoms with Gasteiger partial charge in [-0.15, -0.1) is 0 Å². The van der Waals surface area contributed by atoms with E-state index < -0.39 is 16.2 Å². The van der Waals surface area contributed by atoms with Gasteiger partial charge in [-0.05, 0) is 87.2 Å². The number of amides is 2. The standard InChI is InChI=1S/C21H32N4O3S/c1-24-12-4-3-9-17(24)14-25(2)29(27,28)23-21(26)22-20-18-10-5-7-15(18)13-16-8-6-11-19(16)20/h13,17H,3-12,14H2,1-2H3,(H2,22,23,26). The number of hydrogen-bond acceptors (Lipinski definition) is 4. The Labute approximate surface area is 174 Å². The lowest BCUT2D eigenvalue weighted by Gasteiger charge is -2.34. The molecule has 1 aliphatic heterocycles. The first-order valence-electron chi connectivity index (χ1n) is 10.8. The Morgan fingerprint density at radius 2 is 1.76 bits per heavy atom. The van der Waals surface area contributed by atoms with Crippen LogP contribution in [0, 0.1) is 0 Å². The van der Waals surface area contributed by atoms with Crippen molar-refractivity contribution in [2.75, 3.05) is 32.5 Å². The van der Waals surface area contributed by atoms with E-state index in [4.69, 9.17) is 0 Å². The Hall–Kier alpha value is -1.64. The van der Waals surface area contributed by atoms with Gasteiger partial charge in [0.05, 0.1) is 0 Å². The van der Waals surface area contributed by atoms with Crippen molar-refractivity contribution in [1.29, 1.82) is 0 Å². The number of anilines is 1. The van der Waals surface area contributed by atoms with Crippen LogP contribution in [0.15, 0.2) is 6.07 Å². The summed E-state index contributed by atoms with van der Waals surface area (Å²) in [7, 11) is -0.320. The maximum Gasteiger partial charge on any atom is 0.333 e. The highest BCUT2D eigenvalue weighted by atomic mass is 32.2. The van der Waals surface area contributed by atoms with Gasteiger partial charge < -0.3 is 10.2 Å². The van der Waals surface area contributed by atoms with Crippen LogP contribution < -0.4 is 10.0 Å². The van der Waals surface area contributed by atoms with Gasteiger partial charge >= 0.3 is 16.2 Å². The fourth-order valence-electron chi connectivity index (χ4n) is 5.07. The molecular formula is C21H32N4O3S. The molecule has 0 spiro atoms. The summed E-state index contributed by atoms with van der Waals surface area (Å²) in [5.41, 5.74) is 5.85. The van der Waals surface area contributed by atoms with Crippen molar-refractivity contribution in [3.05, 3.63) is 28.3 Å². The predicted molar refractivity (Wildman–Crippen MR) is 114 cm³/mol. The molecule has 4 rings (SSSR count). The zero-order chi connectivity index (χ0) is 20.6. The van der Waals surface area contributed by atoms with Crippen LogP contribution in [0.5, 0.6) is 0 Å². The van der Waals surface area contributed by atoms with Gasteiger partial charge in [-0.25, -0.2) is 9.52 Å². The highest BCUT2D eigenvalue weighted by molar-refractivity contribution is 7.87. The fourth-order valence-corrected chi connectivity index (χ4v) is 5.88. The number of likely N-dealkylation sites (tertiary alicyclic amines) is 1. The Morgan fingerprint density at radius 1 is 1.10 bits per heavy atom. The number of nitrogens with zero attached hydrogens (tertiary/aromatic N) is 2. The van der Waals surface area contributed by atoms with Gasteiger partial charge in [0, 0.05) is 25.3 Å². The van der Waals surface area contributed by atoms with E-state index in [9.17, 15) is 13.2 Å². The van der Waals surface area contributed by atoms with E-state index in [2.05, 4.69) is 21.0 Å². The Morgan fingerprint density at radius 3 is 2.38 bits per heavy atom. The molecule has 160 valence electrons. The Bertz CT molecular complexity index is 867. The molecule has 2 N–H and O–H groups in total. The van der Waals surface area contributed by atoms with Gasteiger partial charge in [0.2, 0.25) is 0 Å². The topological polar surface area (TPSA) is 81.8 Å². The highest BCUT2D eigenvalue weighted by Gasteiger charge is 2.29. The maximum atomic E-state index is 12.7. The molecule has 1 unspecified atom stereocenters. The number of aryl methyl sites for hydroxylation is 2. The van der Waals surface area contributed by atoms with Crippen LogP contribution in [-0.4, -0.2) is 56.9 Å². The van der Waals surface area contributed by atoms with Gasteiger partial charge in [-0.3, -0.25) is 0 Å². The predicted octanol–water partition coefficient (Wildman–Crippen LogP) is 2.45. The van der Waals surface area contributed by atoms with Crippen molar-refractivity contribution in [3.63, 3.8) is 0 Å². The summed E-state index contributed by atoms with van der Waals surface area (Å²) in [6.07, 6.45) is 9.37. The van der Waals surface area contributed by atoms with Crippen molar-refractivity contribution in [3.8, 4) is 0 Å². The van der Waals surface area contributed by atoms with Gasteiger partial charge in [-0.1, -0.05) is 12.5 Å². The first-order chi connectivity index (χ1) is 13.8. The molecule has 3 aliphatic rings. The second-order valence-electron chi connectivity index (χ2n) is 8.71. The molecule has 0 aromatic heterocycles. The van der Waals surface area contributed by atoms with E-state index >= 15 is 0 Å². The van der Waals surface area contributed by atoms with E-state index in [-0.39, 0.29) is 6.04 Å². The highest BCUT2D eigenvalue weighted by Crippen LogP contribution is 2.38. The van der Waals surface area contributed by atoms with Gasteiger partial charge in [0.25, 0.3) is 0 Å². The molecule has 0 bridgehead atoms. The number of fused-ring (bicyclic) bond motifs is 2. The van der Waals surface area contributed by atoms with E-state index in [0.29, 0.717) is 6.54 Å². The normalized spacial score (nSPS) is 21.8. The number of likely N-dealkylation sites (N-methyl/N-ethyl adjacent to an activating group) is 2. The molecule has 1 fully saturated rings. The average molecular weight is 421 g/mol. The van der Waals surface area contributed by atoms with Crippen molar-refractivity contribution in [1.82, 2.24) is 13.9 Å². The molecule has 1 aromatic rings. The third-order valence-corrected chi connectivity index (χ3v) is 8.15. The van der Waals surface area contributed by atoms with Crippen molar-refractivity contribution in [2.24, 2.45) is 0 Å². The Kier molecular flexibility index (Phi) is 5.86. The summed E-state index contributed by atoms with van der Waals surface area (Å²) in [5.74, 6) is 0. The number of nitrogens with one attached hydrogen (secondary N) is 2. The van der Waals surface area contributed by atoms with E-state index in [1.165, 1.54) is 33.6 Å². The summed E-state index contributed by atoms with van der Waals surface area (Å²) in [5, 5.41) is 2.90. The lowest BCUT2D eigenvalue weighted by Crippen LogP contribution is -2.49. The van der Waals surface area contributed by atoms with Crippen LogP contribution in [0.3, 0.4) is 0 Å². The van der Waals surface area contributed by atoms with E-state index in [0.717, 1.165) is 70.0 Å². The summed E-state index contributed by atoms with van der Waals surface area (Å²) < 4.78 is 28.9. The quantitative estimate of drug-likeness (QED) is 0.767. The first-order valence-corrected chi connectivity index (χ1v) is 12.2. The van der Waals surface area contributed by atoms with Gasteiger partial charge in [-0.2, -0.15) is 12.7 Å². The minimum atomic E-state index is -3.89. The molecule has 1 aromatic carbocycles. The largest absolute Gasteiger partial charge is 0.333 e. The number of hydrogen-bond donors (Lipinski definition) is 2. The van der Waals surface area contributed by atoms with Crippen LogP contribution in [0.25, 0.3) is 0 Å². The smallest absolute Gasteiger partial charge is 0.307 e. The minimum Gasteiger partial charge on any atom is -0.307 e. The number of carbonyl (C=O) groups excluding carboxylic acids is 1. The van der Waals surface area contributed by atoms with Crippen molar-refractivity contribution >= 4 is 21.9 Å². The summed E-state index contributed by atoms with van der Waals surface area (Å²) in [6, 6.07) is 1.82. The van der Waals surface area contributed by atoms with Crippen LogP contribution in [0.1, 0.15) is 54.4 Å². The molecule has 8 heteroatoms. The molecule has 1 heterocycles. The molecule has 2 amide bonds. The lowest BCUT2D eigenvalue weighted by molar-refractivity contribution is 0.165. The van der Waals surface area contributed by atoms with Crippen molar-refractivity contribution in [2.45, 2.75) is 63.8 Å². The van der Waals surface area contributed by atoms with Crippen LogP contribution in [0.2, 0.25) is 0 Å². The average Bonchev–Trinajstić information content (AvgIpc) is 3.32. The summed E-state index contributed by atoms with van der Waals surface area (Å²) >= 11 is 0. The zero-order valence-corrected chi connectivity index (χ0v) is 18.3. The zero-order valence-electron chi connectivity index (χ0n) is 17.5. The van der Waals surface area contributed by atoms with Crippen LogP contribution in [0.4, 0.5) is 10.5 Å². The second kappa shape index (κ2) is 8.24. The molecule has 29 heavy (non-hydrogen) atoms. The van der Waals surface area contributed by atoms with E-state index in [1.807, 2.05) is 7.05 Å². The number of rotatable bonds is 5. The first kappa shape index (κ1) is 20.6. The third-order valence-electron chi connectivity index (χ3n) is 6.73. The van der Waals surface area contributed by atoms with Crippen LogP contribution in [-0.2, 0) is 35.9 Å². The number of piperidine rings is 1.